The average Bonchev–Trinajstić information content (AvgIpc) is 2.46. The Morgan fingerprint density at radius 2 is 2.00 bits per heavy atom. The summed E-state index contributed by atoms with van der Waals surface area (Å²) in [4.78, 5) is 22.0. The molecule has 1 aromatic rings. The van der Waals surface area contributed by atoms with E-state index in [-0.39, 0.29) is 12.8 Å². The van der Waals surface area contributed by atoms with Crippen LogP contribution >= 0.6 is 0 Å². The zero-order valence-corrected chi connectivity index (χ0v) is 11.4. The molecule has 1 amide bonds. The molecule has 8 heteroatoms. The fraction of sp³-hybridized carbons (Fsp3) is 0.385. The summed E-state index contributed by atoms with van der Waals surface area (Å²) in [6.45, 7) is 3.17. The minimum Gasteiger partial charge on any atom is -0.316 e. The number of hydrogen-bond acceptors (Lipinski definition) is 4. The van der Waals surface area contributed by atoms with E-state index >= 15 is 0 Å². The molecular weight excluding hydrogens is 284 g/mol. The van der Waals surface area contributed by atoms with Gasteiger partial charge in [-0.2, -0.15) is 5.26 Å². The number of nitrogens with one attached hydrogen (secondary N) is 1. The van der Waals surface area contributed by atoms with Gasteiger partial charge in [-0.15, -0.1) is 0 Å². The molecule has 112 valence electrons. The van der Waals surface area contributed by atoms with Crippen LogP contribution < -0.4 is 5.32 Å². The Bertz CT molecular complexity index is 622. The van der Waals surface area contributed by atoms with Crippen LogP contribution in [0.4, 0.5) is 20.2 Å². The Labute approximate surface area is 119 Å². The highest BCUT2D eigenvalue weighted by Gasteiger charge is 2.37. The monoisotopic (exact) mass is 297 g/mol. The maximum Gasteiger partial charge on any atom is 0.296 e. The summed E-state index contributed by atoms with van der Waals surface area (Å²) in [6.07, 6.45) is 0.271. The smallest absolute Gasteiger partial charge is 0.296 e. The largest absolute Gasteiger partial charge is 0.316 e. The lowest BCUT2D eigenvalue weighted by Gasteiger charge is -2.22. The van der Waals surface area contributed by atoms with Crippen molar-refractivity contribution in [2.75, 3.05) is 5.32 Å². The molecule has 0 unspecified atom stereocenters. The summed E-state index contributed by atoms with van der Waals surface area (Å²) in [7, 11) is 0. The standard InChI is InChI=1S/C13H13F2N3O3/c1-3-13(4-2,7-16)12(19)17-11-9(18(20)21)6-5-8(14)10(11)15/h5-6H,3-4H2,1-2H3,(H,17,19). The summed E-state index contributed by atoms with van der Waals surface area (Å²) in [5.74, 6) is -3.76. The number of nitriles is 1. The van der Waals surface area contributed by atoms with E-state index in [2.05, 4.69) is 0 Å². The van der Waals surface area contributed by atoms with E-state index in [1.807, 2.05) is 11.4 Å². The van der Waals surface area contributed by atoms with Gasteiger partial charge in [-0.1, -0.05) is 13.8 Å². The van der Waals surface area contributed by atoms with E-state index in [9.17, 15) is 23.7 Å². The van der Waals surface area contributed by atoms with Gasteiger partial charge < -0.3 is 5.32 Å². The van der Waals surface area contributed by atoms with Crippen LogP contribution in [0.3, 0.4) is 0 Å². The van der Waals surface area contributed by atoms with Crippen LogP contribution in [0.1, 0.15) is 26.7 Å². The number of carbonyl (C=O) groups excluding carboxylic acids is 1. The average molecular weight is 297 g/mol. The molecule has 1 N–H and O–H groups in total. The third kappa shape index (κ3) is 2.97. The van der Waals surface area contributed by atoms with Crippen molar-refractivity contribution in [1.82, 2.24) is 0 Å². The fourth-order valence-corrected chi connectivity index (χ4v) is 1.82. The number of nitro groups is 1. The highest BCUT2D eigenvalue weighted by atomic mass is 19.2. The fourth-order valence-electron chi connectivity index (χ4n) is 1.82. The Morgan fingerprint density at radius 1 is 1.43 bits per heavy atom. The maximum atomic E-state index is 13.7. The molecule has 0 spiro atoms. The first kappa shape index (κ1) is 16.5. The van der Waals surface area contributed by atoms with Gasteiger partial charge in [0.2, 0.25) is 5.91 Å². The van der Waals surface area contributed by atoms with Crippen molar-refractivity contribution in [3.8, 4) is 6.07 Å². The number of benzene rings is 1. The molecule has 0 heterocycles. The Morgan fingerprint density at radius 3 is 2.43 bits per heavy atom. The van der Waals surface area contributed by atoms with Gasteiger partial charge in [0.05, 0.1) is 11.0 Å². The minimum atomic E-state index is -1.53. The van der Waals surface area contributed by atoms with Gasteiger partial charge in [0, 0.05) is 6.07 Å². The lowest BCUT2D eigenvalue weighted by Crippen LogP contribution is -2.34. The normalized spacial score (nSPS) is 10.8. The molecule has 0 aromatic heterocycles. The lowest BCUT2D eigenvalue weighted by atomic mass is 9.83. The maximum absolute atomic E-state index is 13.7. The molecular formula is C13H13F2N3O3. The van der Waals surface area contributed by atoms with Crippen LogP contribution in [0.2, 0.25) is 0 Å². The molecule has 21 heavy (non-hydrogen) atoms. The number of rotatable bonds is 5. The van der Waals surface area contributed by atoms with Crippen LogP contribution in [0.15, 0.2) is 12.1 Å². The van der Waals surface area contributed by atoms with E-state index in [4.69, 9.17) is 5.26 Å². The SMILES string of the molecule is CCC(C#N)(CC)C(=O)Nc1c([N+](=O)[O-])ccc(F)c1F. The molecule has 1 aromatic carbocycles. The molecule has 0 saturated carbocycles. The molecule has 0 radical (unpaired) electrons. The van der Waals surface area contributed by atoms with Crippen molar-refractivity contribution in [1.29, 1.82) is 5.26 Å². The highest BCUT2D eigenvalue weighted by Crippen LogP contribution is 2.33. The first-order valence-corrected chi connectivity index (χ1v) is 6.18. The Hall–Kier alpha value is -2.56. The van der Waals surface area contributed by atoms with Gasteiger partial charge >= 0.3 is 0 Å². The molecule has 0 bridgehead atoms. The Kier molecular flexibility index (Phi) is 4.92. The second kappa shape index (κ2) is 6.26. The van der Waals surface area contributed by atoms with E-state index in [0.717, 1.165) is 6.07 Å². The van der Waals surface area contributed by atoms with Crippen molar-refractivity contribution in [3.63, 3.8) is 0 Å². The zero-order chi connectivity index (χ0) is 16.2. The number of anilines is 1. The van der Waals surface area contributed by atoms with E-state index in [1.165, 1.54) is 0 Å². The number of nitro benzene ring substituents is 1. The molecule has 1 rings (SSSR count). The van der Waals surface area contributed by atoms with Crippen molar-refractivity contribution in [3.05, 3.63) is 33.9 Å². The van der Waals surface area contributed by atoms with E-state index < -0.39 is 39.3 Å². The van der Waals surface area contributed by atoms with Gasteiger partial charge in [0.25, 0.3) is 5.69 Å². The van der Waals surface area contributed by atoms with E-state index in [0.29, 0.717) is 6.07 Å². The third-order valence-electron chi connectivity index (χ3n) is 3.36. The molecule has 0 aliphatic carbocycles. The van der Waals surface area contributed by atoms with Crippen LogP contribution in [0.5, 0.6) is 0 Å². The van der Waals surface area contributed by atoms with Crippen molar-refractivity contribution < 1.29 is 18.5 Å². The predicted octanol–water partition coefficient (Wildman–Crippen LogP) is 3.14. The van der Waals surface area contributed by atoms with Gasteiger partial charge in [0.1, 0.15) is 5.41 Å². The van der Waals surface area contributed by atoms with Gasteiger partial charge in [0.15, 0.2) is 17.3 Å². The summed E-state index contributed by atoms with van der Waals surface area (Å²) < 4.78 is 26.9. The summed E-state index contributed by atoms with van der Waals surface area (Å²) in [6, 6.07) is 3.17. The highest BCUT2D eigenvalue weighted by molar-refractivity contribution is 5.98. The van der Waals surface area contributed by atoms with Crippen LogP contribution in [0.25, 0.3) is 0 Å². The molecule has 6 nitrogen and oxygen atoms in total. The van der Waals surface area contributed by atoms with E-state index in [1.54, 1.807) is 13.8 Å². The van der Waals surface area contributed by atoms with Gasteiger partial charge in [-0.25, -0.2) is 8.78 Å². The third-order valence-corrected chi connectivity index (χ3v) is 3.36. The number of amides is 1. The Balaban J connectivity index is 3.31. The molecule has 0 fully saturated rings. The number of hydrogen-bond donors (Lipinski definition) is 1. The summed E-state index contributed by atoms with van der Waals surface area (Å²) in [5.41, 5.74) is -3.10. The summed E-state index contributed by atoms with van der Waals surface area (Å²) in [5, 5.41) is 21.9. The number of halogens is 2. The number of nitrogens with zero attached hydrogens (tertiary/aromatic N) is 2. The first-order valence-electron chi connectivity index (χ1n) is 6.18. The molecule has 0 saturated heterocycles. The molecule has 0 aliphatic heterocycles. The number of carbonyl (C=O) groups is 1. The lowest BCUT2D eigenvalue weighted by molar-refractivity contribution is -0.384. The predicted molar refractivity (Wildman–Crippen MR) is 70.3 cm³/mol. The second-order valence-electron chi connectivity index (χ2n) is 4.37. The first-order chi connectivity index (χ1) is 9.82. The van der Waals surface area contributed by atoms with Crippen molar-refractivity contribution in [2.45, 2.75) is 26.7 Å². The van der Waals surface area contributed by atoms with Crippen molar-refractivity contribution >= 4 is 17.3 Å². The summed E-state index contributed by atoms with van der Waals surface area (Å²) >= 11 is 0. The quantitative estimate of drug-likeness (QED) is 0.667. The van der Waals surface area contributed by atoms with Crippen LogP contribution in [-0.4, -0.2) is 10.8 Å². The van der Waals surface area contributed by atoms with Crippen LogP contribution in [0, 0.1) is 38.5 Å². The minimum absolute atomic E-state index is 0.135. The van der Waals surface area contributed by atoms with Gasteiger partial charge in [-0.05, 0) is 18.9 Å². The molecule has 0 atom stereocenters. The van der Waals surface area contributed by atoms with Crippen LogP contribution in [-0.2, 0) is 4.79 Å². The second-order valence-corrected chi connectivity index (χ2v) is 4.37. The van der Waals surface area contributed by atoms with Gasteiger partial charge in [-0.3, -0.25) is 14.9 Å². The molecule has 0 aliphatic rings. The zero-order valence-electron chi connectivity index (χ0n) is 11.4. The topological polar surface area (TPSA) is 96.0 Å². The van der Waals surface area contributed by atoms with Crippen molar-refractivity contribution in [2.24, 2.45) is 5.41 Å².